The van der Waals surface area contributed by atoms with Gasteiger partial charge in [-0.1, -0.05) is 19.1 Å². The number of fused-ring (bicyclic) bond motifs is 5. The summed E-state index contributed by atoms with van der Waals surface area (Å²) in [5, 5.41) is 3.28. The molecule has 2 aliphatic carbocycles. The second kappa shape index (κ2) is 5.06. The average Bonchev–Trinajstić information content (AvgIpc) is 3.26. The largest absolute Gasteiger partial charge is 0.464 e. The third-order valence-electron chi connectivity index (χ3n) is 5.73. The molecule has 1 aromatic heterocycles. The predicted octanol–water partition coefficient (Wildman–Crippen LogP) is 2.61. The fraction of sp³-hybridized carbons (Fsp3) is 0.562. The summed E-state index contributed by atoms with van der Waals surface area (Å²) >= 11 is 1.23. The first-order chi connectivity index (χ1) is 11.0. The zero-order valence-electron chi connectivity index (χ0n) is 13.1. The van der Waals surface area contributed by atoms with Crippen LogP contribution in [0.15, 0.2) is 17.7 Å². The van der Waals surface area contributed by atoms with E-state index in [9.17, 15) is 9.59 Å². The predicted molar refractivity (Wildman–Crippen MR) is 86.4 cm³/mol. The van der Waals surface area contributed by atoms with Crippen LogP contribution < -0.4 is 5.32 Å². The number of aromatic nitrogens is 1. The summed E-state index contributed by atoms with van der Waals surface area (Å²) in [6, 6.07) is -0.158. The molecule has 0 aromatic carbocycles. The number of anilines is 1. The number of esters is 1. The van der Waals surface area contributed by atoms with E-state index in [0.717, 1.165) is 13.1 Å². The lowest BCUT2D eigenvalue weighted by molar-refractivity contribution is 0.0596. The van der Waals surface area contributed by atoms with Gasteiger partial charge in [-0.25, -0.2) is 14.6 Å². The zero-order valence-corrected chi connectivity index (χ0v) is 13.9. The lowest BCUT2D eigenvalue weighted by Gasteiger charge is -2.31. The molecule has 4 rings (SSSR count). The molecule has 1 N–H and O–H groups in total. The van der Waals surface area contributed by atoms with Crippen molar-refractivity contribution < 1.29 is 14.3 Å². The number of nitrogens with zero attached hydrogens (tertiary/aromatic N) is 2. The first kappa shape index (κ1) is 14.7. The fourth-order valence-corrected chi connectivity index (χ4v) is 5.14. The number of hydrogen-bond acceptors (Lipinski definition) is 5. The summed E-state index contributed by atoms with van der Waals surface area (Å²) in [5.74, 6) is 1.21. The molecule has 2 fully saturated rings. The topological polar surface area (TPSA) is 71.5 Å². The number of urea groups is 1. The van der Waals surface area contributed by atoms with Gasteiger partial charge in [0.25, 0.3) is 0 Å². The summed E-state index contributed by atoms with van der Waals surface area (Å²) in [6.45, 7) is 3.84. The number of thiazole rings is 1. The highest BCUT2D eigenvalue weighted by Crippen LogP contribution is 2.59. The number of likely N-dealkylation sites (tertiary alicyclic amines) is 1. The van der Waals surface area contributed by atoms with E-state index >= 15 is 0 Å². The number of carbonyl (C=O) groups is 2. The third-order valence-corrected chi connectivity index (χ3v) is 6.47. The van der Waals surface area contributed by atoms with Gasteiger partial charge in [0.15, 0.2) is 5.69 Å². The highest BCUT2D eigenvalue weighted by molar-refractivity contribution is 7.14. The van der Waals surface area contributed by atoms with Gasteiger partial charge in [0.1, 0.15) is 5.00 Å². The van der Waals surface area contributed by atoms with Crippen molar-refractivity contribution in [2.75, 3.05) is 25.5 Å². The molecule has 1 aromatic rings. The summed E-state index contributed by atoms with van der Waals surface area (Å²) in [5.41, 5.74) is 1.89. The van der Waals surface area contributed by atoms with Crippen LogP contribution in [0.3, 0.4) is 0 Å². The Morgan fingerprint density at radius 2 is 2.30 bits per heavy atom. The molecule has 2 heterocycles. The molecular formula is C16H19N3O3S. The van der Waals surface area contributed by atoms with Crippen LogP contribution in [0, 0.1) is 23.2 Å². The second-order valence-electron chi connectivity index (χ2n) is 6.84. The van der Waals surface area contributed by atoms with Gasteiger partial charge in [0.05, 0.1) is 12.6 Å². The second-order valence-corrected chi connectivity index (χ2v) is 7.69. The first-order valence-electron chi connectivity index (χ1n) is 7.79. The van der Waals surface area contributed by atoms with Gasteiger partial charge in [-0.15, -0.1) is 11.3 Å². The average molecular weight is 333 g/mol. The number of hydrogen-bond donors (Lipinski definition) is 1. The van der Waals surface area contributed by atoms with E-state index in [1.54, 1.807) is 0 Å². The van der Waals surface area contributed by atoms with Crippen LogP contribution in [0.5, 0.6) is 0 Å². The molecule has 0 spiro atoms. The molecule has 0 unspecified atom stereocenters. The highest BCUT2D eigenvalue weighted by Gasteiger charge is 2.58. The van der Waals surface area contributed by atoms with E-state index in [4.69, 9.17) is 0 Å². The Balaban J connectivity index is 1.48. The van der Waals surface area contributed by atoms with Crippen LogP contribution in [-0.2, 0) is 4.74 Å². The smallest absolute Gasteiger partial charge is 0.359 e. The maximum atomic E-state index is 12.6. The lowest BCUT2D eigenvalue weighted by Crippen LogP contribution is -2.36. The normalized spacial score (nSPS) is 33.8. The number of nitrogens with one attached hydrogen (secondary N) is 1. The van der Waals surface area contributed by atoms with E-state index in [0.29, 0.717) is 22.8 Å². The molecule has 7 heteroatoms. The Bertz CT molecular complexity index is 700. The summed E-state index contributed by atoms with van der Waals surface area (Å²) < 4.78 is 4.69. The van der Waals surface area contributed by atoms with Crippen LogP contribution in [0.25, 0.3) is 0 Å². The van der Waals surface area contributed by atoms with Crippen LogP contribution in [0.4, 0.5) is 9.80 Å². The van der Waals surface area contributed by atoms with E-state index in [-0.39, 0.29) is 17.1 Å². The van der Waals surface area contributed by atoms with Gasteiger partial charge in [-0.3, -0.25) is 5.32 Å². The van der Waals surface area contributed by atoms with E-state index < -0.39 is 5.97 Å². The molecular weight excluding hydrogens is 314 g/mol. The molecule has 1 aliphatic heterocycles. The van der Waals surface area contributed by atoms with Crippen molar-refractivity contribution in [1.82, 2.24) is 9.88 Å². The molecule has 4 atom stereocenters. The Labute approximate surface area is 138 Å². The van der Waals surface area contributed by atoms with E-state index in [1.807, 2.05) is 4.90 Å². The molecule has 122 valence electrons. The monoisotopic (exact) mass is 333 g/mol. The maximum absolute atomic E-state index is 12.6. The van der Waals surface area contributed by atoms with Gasteiger partial charge in [-0.2, -0.15) is 0 Å². The SMILES string of the molecule is COC(=O)c1ncsc1NC(=O)N1C[C@@H]2[C@@H]3C=C[C@@H](C3)[C@]2(C)C1. The molecule has 2 bridgehead atoms. The number of amides is 2. The van der Waals surface area contributed by atoms with Crippen molar-refractivity contribution in [3.8, 4) is 0 Å². The number of allylic oxidation sites excluding steroid dienone is 2. The molecule has 2 amide bonds. The quantitative estimate of drug-likeness (QED) is 0.667. The van der Waals surface area contributed by atoms with Crippen LogP contribution >= 0.6 is 11.3 Å². The summed E-state index contributed by atoms with van der Waals surface area (Å²) in [4.78, 5) is 30.1. The summed E-state index contributed by atoms with van der Waals surface area (Å²) in [6.07, 6.45) is 5.87. The van der Waals surface area contributed by atoms with E-state index in [2.05, 4.69) is 34.1 Å². The number of ether oxygens (including phenoxy) is 1. The summed E-state index contributed by atoms with van der Waals surface area (Å²) in [7, 11) is 1.30. The van der Waals surface area contributed by atoms with Crippen LogP contribution in [0.1, 0.15) is 23.8 Å². The molecule has 0 radical (unpaired) electrons. The first-order valence-corrected chi connectivity index (χ1v) is 8.67. The van der Waals surface area contributed by atoms with E-state index in [1.165, 1.54) is 30.4 Å². The molecule has 1 saturated heterocycles. The highest BCUT2D eigenvalue weighted by atomic mass is 32.1. The minimum atomic E-state index is -0.533. The van der Waals surface area contributed by atoms with Gasteiger partial charge in [-0.05, 0) is 29.6 Å². The molecule has 3 aliphatic rings. The maximum Gasteiger partial charge on any atom is 0.359 e. The lowest BCUT2D eigenvalue weighted by atomic mass is 9.72. The Kier molecular flexibility index (Phi) is 3.23. The minimum absolute atomic E-state index is 0.158. The van der Waals surface area contributed by atoms with Gasteiger partial charge >= 0.3 is 12.0 Å². The number of carbonyl (C=O) groups excluding carboxylic acids is 2. The minimum Gasteiger partial charge on any atom is -0.464 e. The van der Waals surface area contributed by atoms with Gasteiger partial charge in [0.2, 0.25) is 0 Å². The standard InChI is InChI=1S/C16H19N3O3S/c1-16-7-19(6-11(16)9-3-4-10(16)5-9)15(21)18-13-12(14(20)22-2)17-8-23-13/h3-4,8-11H,5-7H2,1-2H3,(H,18,21)/t9-,10+,11-,16+/m1/s1. The Morgan fingerprint density at radius 3 is 3.04 bits per heavy atom. The molecule has 6 nitrogen and oxygen atoms in total. The number of rotatable bonds is 2. The van der Waals surface area contributed by atoms with Crippen molar-refractivity contribution in [2.45, 2.75) is 13.3 Å². The van der Waals surface area contributed by atoms with Crippen LogP contribution in [-0.4, -0.2) is 42.1 Å². The fourth-order valence-electron chi connectivity index (χ4n) is 4.48. The van der Waals surface area contributed by atoms with Crippen molar-refractivity contribution in [3.05, 3.63) is 23.4 Å². The van der Waals surface area contributed by atoms with Crippen LogP contribution in [0.2, 0.25) is 0 Å². The Hall–Kier alpha value is -1.89. The number of methoxy groups -OCH3 is 1. The van der Waals surface area contributed by atoms with Crippen molar-refractivity contribution in [2.24, 2.45) is 23.2 Å². The van der Waals surface area contributed by atoms with Gasteiger partial charge < -0.3 is 9.64 Å². The van der Waals surface area contributed by atoms with Crippen molar-refractivity contribution >= 4 is 28.3 Å². The van der Waals surface area contributed by atoms with Crippen molar-refractivity contribution in [3.63, 3.8) is 0 Å². The third kappa shape index (κ3) is 2.09. The molecule has 1 saturated carbocycles. The zero-order chi connectivity index (χ0) is 16.2. The van der Waals surface area contributed by atoms with Crippen molar-refractivity contribution in [1.29, 1.82) is 0 Å². The Morgan fingerprint density at radius 1 is 1.48 bits per heavy atom. The molecule has 23 heavy (non-hydrogen) atoms. The van der Waals surface area contributed by atoms with Gasteiger partial charge in [0, 0.05) is 13.1 Å².